The minimum Gasteiger partial charge on any atom is -0.493 e. The number of fused-ring (bicyclic) bond motifs is 4. The Morgan fingerprint density at radius 2 is 2.03 bits per heavy atom. The van der Waals surface area contributed by atoms with Gasteiger partial charge in [-0.1, -0.05) is 19.9 Å². The van der Waals surface area contributed by atoms with Crippen molar-refractivity contribution in [3.05, 3.63) is 54.5 Å². The molecule has 0 aliphatic carbocycles. The van der Waals surface area contributed by atoms with Gasteiger partial charge in [-0.2, -0.15) is 0 Å². The summed E-state index contributed by atoms with van der Waals surface area (Å²) in [6.45, 7) is 4.29. The molecule has 2 bridgehead atoms. The van der Waals surface area contributed by atoms with Crippen molar-refractivity contribution in [2.75, 3.05) is 39.1 Å². The average Bonchev–Trinajstić information content (AvgIpc) is 3.38. The van der Waals surface area contributed by atoms with Gasteiger partial charge in [-0.05, 0) is 36.2 Å². The average molecular weight is 536 g/mol. The number of hydrogen-bond acceptors (Lipinski definition) is 8. The number of nitrogens with one attached hydrogen (secondary N) is 2. The fraction of sp³-hybridized carbons (Fsp3) is 0.370. The van der Waals surface area contributed by atoms with E-state index in [1.807, 2.05) is 30.7 Å². The summed E-state index contributed by atoms with van der Waals surface area (Å²) in [7, 11) is 1.54. The van der Waals surface area contributed by atoms with E-state index < -0.39 is 17.9 Å². The number of rotatable bonds is 3. The van der Waals surface area contributed by atoms with Gasteiger partial charge in [0.1, 0.15) is 36.5 Å². The van der Waals surface area contributed by atoms with Crippen molar-refractivity contribution < 1.29 is 23.9 Å². The number of hydrogen-bond donors (Lipinski definition) is 3. The first-order chi connectivity index (χ1) is 18.8. The van der Waals surface area contributed by atoms with Crippen LogP contribution in [0.2, 0.25) is 0 Å². The number of methoxy groups -OCH3 is 1. The van der Waals surface area contributed by atoms with Crippen LogP contribution in [0, 0.1) is 5.92 Å². The quantitative estimate of drug-likeness (QED) is 0.454. The number of nitrogens with zero attached hydrogens (tertiary/aromatic N) is 4. The first-order valence-corrected chi connectivity index (χ1v) is 12.7. The Kier molecular flexibility index (Phi) is 8.64. The van der Waals surface area contributed by atoms with Gasteiger partial charge >= 0.3 is 0 Å². The first-order valence-electron chi connectivity index (χ1n) is 12.7. The topological polar surface area (TPSA) is 154 Å². The summed E-state index contributed by atoms with van der Waals surface area (Å²) in [5, 5.41) is 5.68. The Morgan fingerprint density at radius 3 is 2.77 bits per heavy atom. The Bertz CT molecular complexity index is 1340. The highest BCUT2D eigenvalue weighted by Crippen LogP contribution is 2.32. The molecule has 0 saturated heterocycles. The van der Waals surface area contributed by atoms with Gasteiger partial charge in [0, 0.05) is 31.0 Å². The minimum absolute atomic E-state index is 0.0588. The maximum Gasteiger partial charge on any atom is 0.273 e. The smallest absolute Gasteiger partial charge is 0.273 e. The number of aromatic nitrogens is 3. The standard InChI is InChI=1S/C27H33N7O5/c1-17(2)24-26(36)30-10-12-33-11-9-29-25(33)18-7-8-20(38-3)21(15-18)39-14-13-34(16-23(35)32-24)27(37)19-5-4-6-22(28)31-19/h4-9,11,15,17,24H,10,12-14,16H2,1-3H3,(H2,28,31)(H,30,36)(H,32,35)/t24-/m1/s1. The first kappa shape index (κ1) is 27.4. The Morgan fingerprint density at radius 1 is 1.21 bits per heavy atom. The van der Waals surface area contributed by atoms with Crippen molar-refractivity contribution in [2.24, 2.45) is 5.92 Å². The summed E-state index contributed by atoms with van der Waals surface area (Å²) >= 11 is 0. The maximum absolute atomic E-state index is 13.3. The Hall–Kier alpha value is -4.61. The number of amides is 3. The molecule has 206 valence electrons. The molecule has 12 nitrogen and oxygen atoms in total. The number of imidazole rings is 1. The largest absolute Gasteiger partial charge is 0.493 e. The van der Waals surface area contributed by atoms with E-state index in [1.165, 1.54) is 18.1 Å². The Balaban J connectivity index is 1.67. The normalized spacial score (nSPS) is 16.9. The number of benzene rings is 1. The molecule has 0 spiro atoms. The van der Waals surface area contributed by atoms with Crippen LogP contribution in [0.25, 0.3) is 11.4 Å². The number of anilines is 1. The van der Waals surface area contributed by atoms with Crippen LogP contribution >= 0.6 is 0 Å². The molecule has 0 saturated carbocycles. The SMILES string of the molecule is COc1ccc2cc1OCCN(C(=O)c1cccc(N)n1)CC(=O)N[C@H](C(C)C)C(=O)NCCn1ccnc1-2. The summed E-state index contributed by atoms with van der Waals surface area (Å²) in [6, 6.07) is 9.38. The fourth-order valence-corrected chi connectivity index (χ4v) is 4.27. The summed E-state index contributed by atoms with van der Waals surface area (Å²) in [4.78, 5) is 49.3. The lowest BCUT2D eigenvalue weighted by Crippen LogP contribution is -2.53. The van der Waals surface area contributed by atoms with Crippen molar-refractivity contribution >= 4 is 23.5 Å². The van der Waals surface area contributed by atoms with Crippen LogP contribution in [0.3, 0.4) is 0 Å². The van der Waals surface area contributed by atoms with Crippen molar-refractivity contribution in [1.82, 2.24) is 30.1 Å². The zero-order chi connectivity index (χ0) is 27.9. The predicted molar refractivity (Wildman–Crippen MR) is 144 cm³/mol. The number of ether oxygens (including phenoxy) is 2. The number of pyridine rings is 1. The van der Waals surface area contributed by atoms with Gasteiger partial charge in [0.25, 0.3) is 5.91 Å². The highest BCUT2D eigenvalue weighted by molar-refractivity contribution is 5.96. The van der Waals surface area contributed by atoms with Crippen molar-refractivity contribution in [3.63, 3.8) is 0 Å². The number of nitrogen functional groups attached to an aromatic ring is 1. The van der Waals surface area contributed by atoms with E-state index in [4.69, 9.17) is 15.2 Å². The zero-order valence-electron chi connectivity index (χ0n) is 22.2. The van der Waals surface area contributed by atoms with E-state index in [9.17, 15) is 14.4 Å². The van der Waals surface area contributed by atoms with Crippen LogP contribution in [0.15, 0.2) is 48.8 Å². The Labute approximate surface area is 226 Å². The van der Waals surface area contributed by atoms with E-state index in [2.05, 4.69) is 20.6 Å². The summed E-state index contributed by atoms with van der Waals surface area (Å²) in [5.74, 6) is 0.375. The van der Waals surface area contributed by atoms with Gasteiger partial charge in [-0.25, -0.2) is 9.97 Å². The third-order valence-electron chi connectivity index (χ3n) is 6.29. The van der Waals surface area contributed by atoms with Crippen molar-refractivity contribution in [1.29, 1.82) is 0 Å². The molecular weight excluding hydrogens is 502 g/mol. The second-order valence-corrected chi connectivity index (χ2v) is 9.41. The van der Waals surface area contributed by atoms with Crippen molar-refractivity contribution in [2.45, 2.75) is 26.4 Å². The van der Waals surface area contributed by atoms with Crippen LogP contribution in [-0.2, 0) is 16.1 Å². The maximum atomic E-state index is 13.3. The molecule has 4 N–H and O–H groups in total. The highest BCUT2D eigenvalue weighted by Gasteiger charge is 2.27. The van der Waals surface area contributed by atoms with Gasteiger partial charge in [0.2, 0.25) is 11.8 Å². The van der Waals surface area contributed by atoms with E-state index in [0.717, 1.165) is 5.56 Å². The lowest BCUT2D eigenvalue weighted by atomic mass is 10.0. The molecule has 3 heterocycles. The van der Waals surface area contributed by atoms with Gasteiger partial charge in [0.15, 0.2) is 11.5 Å². The van der Waals surface area contributed by atoms with Gasteiger partial charge < -0.3 is 35.3 Å². The fourth-order valence-electron chi connectivity index (χ4n) is 4.27. The summed E-state index contributed by atoms with van der Waals surface area (Å²) in [6.07, 6.45) is 3.52. The van der Waals surface area contributed by atoms with Crippen LogP contribution in [0.5, 0.6) is 11.5 Å². The number of carbonyl (C=O) groups is 3. The molecule has 1 aromatic carbocycles. The van der Waals surface area contributed by atoms with Crippen LogP contribution in [0.4, 0.5) is 5.82 Å². The molecule has 4 rings (SSSR count). The summed E-state index contributed by atoms with van der Waals surface area (Å²) < 4.78 is 13.4. The lowest BCUT2D eigenvalue weighted by molar-refractivity contribution is -0.130. The predicted octanol–water partition coefficient (Wildman–Crippen LogP) is 1.33. The van der Waals surface area contributed by atoms with Crippen LogP contribution in [0.1, 0.15) is 24.3 Å². The molecule has 39 heavy (non-hydrogen) atoms. The van der Waals surface area contributed by atoms with Crippen LogP contribution in [-0.4, -0.2) is 76.5 Å². The second-order valence-electron chi connectivity index (χ2n) is 9.41. The second kappa shape index (κ2) is 12.3. The van der Waals surface area contributed by atoms with Gasteiger partial charge in [0.05, 0.1) is 13.7 Å². The van der Waals surface area contributed by atoms with Crippen molar-refractivity contribution in [3.8, 4) is 22.9 Å². The lowest BCUT2D eigenvalue weighted by Gasteiger charge is -2.25. The van der Waals surface area contributed by atoms with E-state index in [-0.39, 0.29) is 43.0 Å². The molecule has 0 fully saturated rings. The molecule has 1 aliphatic heterocycles. The number of nitrogens with two attached hydrogens (primary N) is 1. The third kappa shape index (κ3) is 6.64. The van der Waals surface area contributed by atoms with E-state index in [1.54, 1.807) is 30.5 Å². The molecule has 1 aliphatic rings. The van der Waals surface area contributed by atoms with E-state index in [0.29, 0.717) is 30.4 Å². The third-order valence-corrected chi connectivity index (χ3v) is 6.29. The van der Waals surface area contributed by atoms with E-state index >= 15 is 0 Å². The monoisotopic (exact) mass is 535 g/mol. The van der Waals surface area contributed by atoms with Crippen LogP contribution < -0.4 is 25.8 Å². The number of carbonyl (C=O) groups excluding carboxylic acids is 3. The molecule has 12 heteroatoms. The molecule has 2 aromatic heterocycles. The molecule has 0 radical (unpaired) electrons. The molecule has 3 aromatic rings. The highest BCUT2D eigenvalue weighted by atomic mass is 16.5. The zero-order valence-corrected chi connectivity index (χ0v) is 22.2. The molecule has 3 amide bonds. The molecule has 1 atom stereocenters. The van der Waals surface area contributed by atoms with Gasteiger partial charge in [-0.3, -0.25) is 14.4 Å². The van der Waals surface area contributed by atoms with Gasteiger partial charge in [-0.15, -0.1) is 0 Å². The molecular formula is C27H33N7O5. The summed E-state index contributed by atoms with van der Waals surface area (Å²) in [5.41, 5.74) is 6.66. The molecule has 0 unspecified atom stereocenters. The minimum atomic E-state index is -0.784.